The van der Waals surface area contributed by atoms with Crippen molar-refractivity contribution < 1.29 is 0 Å². The van der Waals surface area contributed by atoms with Crippen molar-refractivity contribution in [2.24, 2.45) is 0 Å². The van der Waals surface area contributed by atoms with E-state index in [0.717, 1.165) is 37.0 Å². The lowest BCUT2D eigenvalue weighted by molar-refractivity contribution is 0.480. The van der Waals surface area contributed by atoms with Gasteiger partial charge in [0.1, 0.15) is 0 Å². The third-order valence-corrected chi connectivity index (χ3v) is 3.96. The lowest BCUT2D eigenvalue weighted by Gasteiger charge is -2.30. The van der Waals surface area contributed by atoms with E-state index in [2.05, 4.69) is 79.2 Å². The largest absolute Gasteiger partial charge is 0.337 e. The molecule has 19 heavy (non-hydrogen) atoms. The van der Waals surface area contributed by atoms with Gasteiger partial charge in [-0.15, -0.1) is 5.10 Å². The zero-order valence-electron chi connectivity index (χ0n) is 10.7. The summed E-state index contributed by atoms with van der Waals surface area (Å²) in [7, 11) is 0. The normalized spacial score (nSPS) is 19.7. The summed E-state index contributed by atoms with van der Waals surface area (Å²) in [5, 5.41) is 10.8. The van der Waals surface area contributed by atoms with Gasteiger partial charge in [-0.05, 0) is 41.6 Å². The Hall–Kier alpha value is -1.15. The van der Waals surface area contributed by atoms with Crippen LogP contribution in [-0.4, -0.2) is 40.9 Å². The number of nitrogens with zero attached hydrogens (tertiary/aromatic N) is 3. The quantitative estimate of drug-likeness (QED) is 0.794. The van der Waals surface area contributed by atoms with E-state index in [1.54, 1.807) is 0 Å². The predicted molar refractivity (Wildman–Crippen MR) is 84.2 cm³/mol. The van der Waals surface area contributed by atoms with Crippen LogP contribution in [0.4, 0.5) is 5.95 Å². The molecule has 2 heterocycles. The zero-order chi connectivity index (χ0) is 13.2. The molecule has 2 N–H and O–H groups in total. The summed E-state index contributed by atoms with van der Waals surface area (Å²) in [6.07, 6.45) is 0. The molecule has 0 aliphatic carbocycles. The fourth-order valence-corrected chi connectivity index (χ4v) is 2.60. The monoisotopic (exact) mass is 369 g/mol. The molecule has 1 aromatic carbocycles. The summed E-state index contributed by atoms with van der Waals surface area (Å²) in [6.45, 7) is 5.06. The highest BCUT2D eigenvalue weighted by Crippen LogP contribution is 2.19. The number of aromatic nitrogens is 3. The van der Waals surface area contributed by atoms with Crippen LogP contribution in [0.3, 0.4) is 0 Å². The Morgan fingerprint density at radius 3 is 2.84 bits per heavy atom. The zero-order valence-corrected chi connectivity index (χ0v) is 12.9. The molecular formula is C13H16IN5. The van der Waals surface area contributed by atoms with Gasteiger partial charge in [0.25, 0.3) is 0 Å². The minimum absolute atomic E-state index is 0.481. The minimum atomic E-state index is 0.481. The van der Waals surface area contributed by atoms with Crippen LogP contribution in [-0.2, 0) is 0 Å². The summed E-state index contributed by atoms with van der Waals surface area (Å²) in [5.74, 6) is 1.62. The second-order valence-electron chi connectivity index (χ2n) is 4.79. The molecule has 0 bridgehead atoms. The van der Waals surface area contributed by atoms with Gasteiger partial charge in [0.15, 0.2) is 5.82 Å². The van der Waals surface area contributed by atoms with Gasteiger partial charge in [-0.1, -0.05) is 12.1 Å². The van der Waals surface area contributed by atoms with E-state index in [-0.39, 0.29) is 0 Å². The average molecular weight is 369 g/mol. The molecule has 1 saturated heterocycles. The Kier molecular flexibility index (Phi) is 3.69. The number of H-pyrrole nitrogens is 1. The Morgan fingerprint density at radius 2 is 2.11 bits per heavy atom. The van der Waals surface area contributed by atoms with E-state index in [9.17, 15) is 0 Å². The lowest BCUT2D eigenvalue weighted by atomic mass is 10.2. The first-order valence-electron chi connectivity index (χ1n) is 6.39. The molecule has 0 amide bonds. The summed E-state index contributed by atoms with van der Waals surface area (Å²) < 4.78 is 1.22. The summed E-state index contributed by atoms with van der Waals surface area (Å²) in [4.78, 5) is 6.81. The molecule has 0 spiro atoms. The van der Waals surface area contributed by atoms with Crippen LogP contribution in [0.5, 0.6) is 0 Å². The van der Waals surface area contributed by atoms with Crippen molar-refractivity contribution >= 4 is 28.5 Å². The van der Waals surface area contributed by atoms with Crippen LogP contribution in [0.2, 0.25) is 0 Å². The molecular weight excluding hydrogens is 353 g/mol. The summed E-state index contributed by atoms with van der Waals surface area (Å²) in [5.41, 5.74) is 1.07. The van der Waals surface area contributed by atoms with Gasteiger partial charge < -0.3 is 10.2 Å². The average Bonchev–Trinajstić information content (AvgIpc) is 2.89. The molecule has 6 heteroatoms. The van der Waals surface area contributed by atoms with Gasteiger partial charge in [-0.3, -0.25) is 5.10 Å². The van der Waals surface area contributed by atoms with E-state index in [1.807, 2.05) is 0 Å². The first kappa shape index (κ1) is 12.9. The first-order chi connectivity index (χ1) is 9.22. The maximum absolute atomic E-state index is 4.60. The smallest absolute Gasteiger partial charge is 0.245 e. The number of halogens is 1. The highest BCUT2D eigenvalue weighted by molar-refractivity contribution is 14.1. The van der Waals surface area contributed by atoms with E-state index < -0.39 is 0 Å². The minimum Gasteiger partial charge on any atom is -0.337 e. The van der Waals surface area contributed by atoms with Crippen LogP contribution in [0, 0.1) is 3.57 Å². The second-order valence-corrected chi connectivity index (χ2v) is 6.04. The Balaban J connectivity index is 1.81. The molecule has 1 aliphatic heterocycles. The van der Waals surface area contributed by atoms with Crippen molar-refractivity contribution in [3.63, 3.8) is 0 Å². The van der Waals surface area contributed by atoms with Crippen molar-refractivity contribution in [2.45, 2.75) is 13.0 Å². The molecule has 2 aromatic rings. The van der Waals surface area contributed by atoms with Gasteiger partial charge in [-0.25, -0.2) is 0 Å². The Bertz CT molecular complexity index is 550. The van der Waals surface area contributed by atoms with Crippen LogP contribution in [0.1, 0.15) is 6.92 Å². The fraction of sp³-hybridized carbons (Fsp3) is 0.385. The molecule has 5 nitrogen and oxygen atoms in total. The number of hydrogen-bond donors (Lipinski definition) is 2. The number of nitrogens with one attached hydrogen (secondary N) is 2. The summed E-state index contributed by atoms with van der Waals surface area (Å²) in [6, 6.07) is 8.75. The molecule has 3 rings (SSSR count). The standard InChI is InChI=1S/C13H16IN5/c1-9-8-19(7-6-15-9)13-16-12(17-18-13)10-2-4-11(14)5-3-10/h2-5,9,15H,6-8H2,1H3,(H,16,17,18)/t9-/m1/s1. The van der Waals surface area contributed by atoms with Gasteiger partial charge in [0.05, 0.1) is 0 Å². The molecule has 0 radical (unpaired) electrons. The second kappa shape index (κ2) is 5.46. The van der Waals surface area contributed by atoms with Crippen molar-refractivity contribution in [3.8, 4) is 11.4 Å². The van der Waals surface area contributed by atoms with Crippen molar-refractivity contribution in [2.75, 3.05) is 24.5 Å². The first-order valence-corrected chi connectivity index (χ1v) is 7.47. The van der Waals surface area contributed by atoms with Gasteiger partial charge in [0.2, 0.25) is 5.95 Å². The van der Waals surface area contributed by atoms with Crippen molar-refractivity contribution in [1.82, 2.24) is 20.5 Å². The van der Waals surface area contributed by atoms with Crippen molar-refractivity contribution in [1.29, 1.82) is 0 Å². The predicted octanol–water partition coefficient (Wildman–Crippen LogP) is 1.87. The van der Waals surface area contributed by atoms with E-state index in [1.165, 1.54) is 3.57 Å². The molecule has 0 saturated carbocycles. The number of benzene rings is 1. The van der Waals surface area contributed by atoms with E-state index >= 15 is 0 Å². The van der Waals surface area contributed by atoms with Crippen molar-refractivity contribution in [3.05, 3.63) is 27.8 Å². The third-order valence-electron chi connectivity index (χ3n) is 3.24. The maximum atomic E-state index is 4.60. The third kappa shape index (κ3) is 2.89. The Morgan fingerprint density at radius 1 is 1.32 bits per heavy atom. The fourth-order valence-electron chi connectivity index (χ4n) is 2.25. The number of aromatic amines is 1. The van der Waals surface area contributed by atoms with Gasteiger partial charge >= 0.3 is 0 Å². The number of hydrogen-bond acceptors (Lipinski definition) is 4. The van der Waals surface area contributed by atoms with Crippen LogP contribution < -0.4 is 10.2 Å². The highest BCUT2D eigenvalue weighted by Gasteiger charge is 2.19. The lowest BCUT2D eigenvalue weighted by Crippen LogP contribution is -2.49. The van der Waals surface area contributed by atoms with Gasteiger partial charge in [-0.2, -0.15) is 4.98 Å². The van der Waals surface area contributed by atoms with Gasteiger partial charge in [0, 0.05) is 34.8 Å². The molecule has 1 aliphatic rings. The number of anilines is 1. The molecule has 100 valence electrons. The van der Waals surface area contributed by atoms with E-state index in [0.29, 0.717) is 6.04 Å². The number of rotatable bonds is 2. The van der Waals surface area contributed by atoms with Crippen LogP contribution >= 0.6 is 22.6 Å². The summed E-state index contributed by atoms with van der Waals surface area (Å²) >= 11 is 2.30. The topological polar surface area (TPSA) is 56.8 Å². The maximum Gasteiger partial charge on any atom is 0.245 e. The molecule has 0 unspecified atom stereocenters. The number of piperazine rings is 1. The molecule has 1 aromatic heterocycles. The van der Waals surface area contributed by atoms with E-state index in [4.69, 9.17) is 0 Å². The SMILES string of the molecule is C[C@@H]1CN(c2n[nH]c(-c3ccc(I)cc3)n2)CCN1. The Labute approximate surface area is 125 Å². The highest BCUT2D eigenvalue weighted by atomic mass is 127. The van der Waals surface area contributed by atoms with Crippen LogP contribution in [0.15, 0.2) is 24.3 Å². The molecule has 1 fully saturated rings. The molecule has 1 atom stereocenters. The van der Waals surface area contributed by atoms with Crippen LogP contribution in [0.25, 0.3) is 11.4 Å².